The van der Waals surface area contributed by atoms with Gasteiger partial charge < -0.3 is 4.57 Å². The second-order valence-corrected chi connectivity index (χ2v) is 7.56. The highest BCUT2D eigenvalue weighted by Gasteiger charge is 2.14. The van der Waals surface area contributed by atoms with Crippen LogP contribution < -0.4 is 5.43 Å². The van der Waals surface area contributed by atoms with E-state index in [-0.39, 0.29) is 22.2 Å². The zero-order valence-electron chi connectivity index (χ0n) is 15.3. The normalized spacial score (nSPS) is 11.2. The van der Waals surface area contributed by atoms with Crippen molar-refractivity contribution in [2.24, 2.45) is 5.10 Å². The van der Waals surface area contributed by atoms with Crippen molar-refractivity contribution in [3.63, 3.8) is 0 Å². The van der Waals surface area contributed by atoms with Gasteiger partial charge >= 0.3 is 0 Å². The molecule has 2 aromatic carbocycles. The van der Waals surface area contributed by atoms with Crippen molar-refractivity contribution in [2.45, 2.75) is 18.6 Å². The van der Waals surface area contributed by atoms with Crippen LogP contribution in [0.4, 0.5) is 4.39 Å². The SMILES string of the molecule is CCn1c(SCC(=O)N/N=C/c2c(F)cccc2Cl)nnc1-c1ccc(Cl)cc1. The summed E-state index contributed by atoms with van der Waals surface area (Å²) in [7, 11) is 0. The highest BCUT2D eigenvalue weighted by Crippen LogP contribution is 2.25. The first-order valence-electron chi connectivity index (χ1n) is 8.57. The predicted octanol–water partition coefficient (Wildman–Crippen LogP) is 4.65. The van der Waals surface area contributed by atoms with Crippen LogP contribution in [0.2, 0.25) is 10.0 Å². The third-order valence-corrected chi connectivity index (χ3v) is 5.40. The standard InChI is InChI=1S/C19H16Cl2FN5OS/c1-2-27-18(12-6-8-13(20)9-7-12)25-26-19(27)29-11-17(28)24-23-10-14-15(21)4-3-5-16(14)22/h3-10H,2,11H2,1H3,(H,24,28)/b23-10+. The summed E-state index contributed by atoms with van der Waals surface area (Å²) in [6.45, 7) is 2.61. The lowest BCUT2D eigenvalue weighted by Crippen LogP contribution is -2.20. The lowest BCUT2D eigenvalue weighted by atomic mass is 10.2. The number of carbonyl (C=O) groups excluding carboxylic acids is 1. The Morgan fingerprint density at radius 1 is 1.24 bits per heavy atom. The quantitative estimate of drug-likeness (QED) is 0.322. The van der Waals surface area contributed by atoms with E-state index < -0.39 is 5.82 Å². The Kier molecular flexibility index (Phi) is 7.24. The van der Waals surface area contributed by atoms with Gasteiger partial charge in [-0.15, -0.1) is 10.2 Å². The fourth-order valence-corrected chi connectivity index (χ4v) is 3.59. The molecule has 1 amide bonds. The summed E-state index contributed by atoms with van der Waals surface area (Å²) in [6, 6.07) is 11.6. The van der Waals surface area contributed by atoms with E-state index >= 15 is 0 Å². The first-order chi connectivity index (χ1) is 14.0. The topological polar surface area (TPSA) is 72.2 Å². The third kappa shape index (κ3) is 5.35. The van der Waals surface area contributed by atoms with Crippen LogP contribution in [0.1, 0.15) is 12.5 Å². The largest absolute Gasteiger partial charge is 0.302 e. The van der Waals surface area contributed by atoms with Crippen LogP contribution in [-0.2, 0) is 11.3 Å². The first-order valence-corrected chi connectivity index (χ1v) is 10.3. The number of halogens is 3. The monoisotopic (exact) mass is 451 g/mol. The highest BCUT2D eigenvalue weighted by atomic mass is 35.5. The zero-order chi connectivity index (χ0) is 20.8. The number of rotatable bonds is 7. The molecule has 0 spiro atoms. The molecule has 0 bridgehead atoms. The Morgan fingerprint density at radius 3 is 2.69 bits per heavy atom. The van der Waals surface area contributed by atoms with E-state index in [0.717, 1.165) is 5.56 Å². The number of thioether (sulfide) groups is 1. The smallest absolute Gasteiger partial charge is 0.250 e. The summed E-state index contributed by atoms with van der Waals surface area (Å²) < 4.78 is 15.6. The molecule has 0 saturated carbocycles. The number of benzene rings is 2. The fourth-order valence-electron chi connectivity index (χ4n) is 2.46. The summed E-state index contributed by atoms with van der Waals surface area (Å²) in [4.78, 5) is 12.0. The van der Waals surface area contributed by atoms with Crippen LogP contribution in [0.15, 0.2) is 52.7 Å². The molecule has 0 aliphatic rings. The Labute approximate surface area is 181 Å². The molecular weight excluding hydrogens is 436 g/mol. The minimum Gasteiger partial charge on any atom is -0.302 e. The minimum atomic E-state index is -0.518. The zero-order valence-corrected chi connectivity index (χ0v) is 17.6. The van der Waals surface area contributed by atoms with Gasteiger partial charge in [0.2, 0.25) is 0 Å². The van der Waals surface area contributed by atoms with Crippen LogP contribution in [0, 0.1) is 5.82 Å². The van der Waals surface area contributed by atoms with Gasteiger partial charge in [0, 0.05) is 22.7 Å². The van der Waals surface area contributed by atoms with Gasteiger partial charge in [-0.2, -0.15) is 5.10 Å². The maximum atomic E-state index is 13.7. The Bertz CT molecular complexity index is 1020. The van der Waals surface area contributed by atoms with Crippen LogP contribution >= 0.6 is 35.0 Å². The van der Waals surface area contributed by atoms with Crippen molar-refractivity contribution in [1.29, 1.82) is 0 Å². The van der Waals surface area contributed by atoms with Crippen molar-refractivity contribution < 1.29 is 9.18 Å². The molecule has 10 heteroatoms. The molecule has 1 N–H and O–H groups in total. The fraction of sp³-hybridized carbons (Fsp3) is 0.158. The van der Waals surface area contributed by atoms with Crippen molar-refractivity contribution in [2.75, 3.05) is 5.75 Å². The van der Waals surface area contributed by atoms with Crippen molar-refractivity contribution >= 4 is 47.1 Å². The Hall–Kier alpha value is -2.42. The molecule has 3 aromatic rings. The van der Waals surface area contributed by atoms with Crippen LogP contribution in [-0.4, -0.2) is 32.6 Å². The number of carbonyl (C=O) groups is 1. The average Bonchev–Trinajstić information content (AvgIpc) is 3.12. The van der Waals surface area contributed by atoms with Crippen LogP contribution in [0.3, 0.4) is 0 Å². The molecule has 1 heterocycles. The maximum absolute atomic E-state index is 13.7. The van der Waals surface area contributed by atoms with Gasteiger partial charge in [-0.25, -0.2) is 9.82 Å². The second-order valence-electron chi connectivity index (χ2n) is 5.77. The van der Waals surface area contributed by atoms with E-state index in [2.05, 4.69) is 20.7 Å². The molecule has 0 saturated heterocycles. The number of nitrogens with one attached hydrogen (secondary N) is 1. The third-order valence-electron chi connectivity index (χ3n) is 3.85. The van der Waals surface area contributed by atoms with E-state index in [4.69, 9.17) is 23.2 Å². The van der Waals surface area contributed by atoms with Crippen LogP contribution in [0.25, 0.3) is 11.4 Å². The molecule has 29 heavy (non-hydrogen) atoms. The number of hydrogen-bond acceptors (Lipinski definition) is 5. The van der Waals surface area contributed by atoms with Gasteiger partial charge in [0.05, 0.1) is 17.0 Å². The number of aromatic nitrogens is 3. The van der Waals surface area contributed by atoms with E-state index in [9.17, 15) is 9.18 Å². The predicted molar refractivity (Wildman–Crippen MR) is 114 cm³/mol. The Balaban J connectivity index is 1.62. The average molecular weight is 452 g/mol. The van der Waals surface area contributed by atoms with E-state index in [1.165, 1.54) is 30.1 Å². The lowest BCUT2D eigenvalue weighted by molar-refractivity contribution is -0.118. The lowest BCUT2D eigenvalue weighted by Gasteiger charge is -2.07. The molecule has 0 aliphatic heterocycles. The Morgan fingerprint density at radius 2 is 2.00 bits per heavy atom. The molecule has 1 aromatic heterocycles. The van der Waals surface area contributed by atoms with Crippen molar-refractivity contribution in [3.8, 4) is 11.4 Å². The second kappa shape index (κ2) is 9.87. The first kappa shape index (κ1) is 21.3. The highest BCUT2D eigenvalue weighted by molar-refractivity contribution is 7.99. The van der Waals surface area contributed by atoms with E-state index in [1.54, 1.807) is 18.2 Å². The number of hydrazone groups is 1. The summed E-state index contributed by atoms with van der Waals surface area (Å²) in [5.41, 5.74) is 3.34. The summed E-state index contributed by atoms with van der Waals surface area (Å²) in [6.07, 6.45) is 1.17. The van der Waals surface area contributed by atoms with Gasteiger partial charge in [0.15, 0.2) is 11.0 Å². The maximum Gasteiger partial charge on any atom is 0.250 e. The van der Waals surface area contributed by atoms with E-state index in [0.29, 0.717) is 22.5 Å². The van der Waals surface area contributed by atoms with Crippen molar-refractivity contribution in [1.82, 2.24) is 20.2 Å². The van der Waals surface area contributed by atoms with Gasteiger partial charge in [-0.1, -0.05) is 41.0 Å². The van der Waals surface area contributed by atoms with Gasteiger partial charge in [0.1, 0.15) is 5.82 Å². The van der Waals surface area contributed by atoms with Crippen molar-refractivity contribution in [3.05, 3.63) is 63.9 Å². The molecular formula is C19H16Cl2FN5OS. The molecule has 6 nitrogen and oxygen atoms in total. The molecule has 3 rings (SSSR count). The molecule has 150 valence electrons. The summed E-state index contributed by atoms with van der Waals surface area (Å²) in [5.74, 6) is -0.117. The van der Waals surface area contributed by atoms with Crippen LogP contribution in [0.5, 0.6) is 0 Å². The number of hydrogen-bond donors (Lipinski definition) is 1. The van der Waals surface area contributed by atoms with Gasteiger partial charge in [-0.05, 0) is 43.3 Å². The summed E-state index contributed by atoms with van der Waals surface area (Å²) >= 11 is 13.1. The molecule has 0 aliphatic carbocycles. The van der Waals surface area contributed by atoms with E-state index in [1.807, 2.05) is 23.6 Å². The summed E-state index contributed by atoms with van der Waals surface area (Å²) in [5, 5.41) is 13.6. The number of amides is 1. The van der Waals surface area contributed by atoms with Gasteiger partial charge in [-0.3, -0.25) is 4.79 Å². The molecule has 0 unspecified atom stereocenters. The minimum absolute atomic E-state index is 0.0705. The molecule has 0 atom stereocenters. The molecule has 0 radical (unpaired) electrons. The number of nitrogens with zero attached hydrogens (tertiary/aromatic N) is 4. The molecule has 0 fully saturated rings. The van der Waals surface area contributed by atoms with Gasteiger partial charge in [0.25, 0.3) is 5.91 Å².